The van der Waals surface area contributed by atoms with Gasteiger partial charge in [0.25, 0.3) is 10.0 Å². The average molecular weight is 439 g/mol. The largest absolute Gasteiger partial charge is 0.355 e. The summed E-state index contributed by atoms with van der Waals surface area (Å²) in [6, 6.07) is 11.7. The molecule has 2 heterocycles. The van der Waals surface area contributed by atoms with E-state index >= 15 is 0 Å². The van der Waals surface area contributed by atoms with Crippen molar-refractivity contribution in [2.24, 2.45) is 5.92 Å². The summed E-state index contributed by atoms with van der Waals surface area (Å²) in [5.74, 6) is 1.45. The second kappa shape index (κ2) is 9.91. The summed E-state index contributed by atoms with van der Waals surface area (Å²) in [5.41, 5.74) is 2.61. The first kappa shape index (κ1) is 21.4. The minimum absolute atomic E-state index is 0.0393. The number of amides is 1. The van der Waals surface area contributed by atoms with E-state index in [0.717, 1.165) is 17.9 Å². The van der Waals surface area contributed by atoms with Crippen LogP contribution in [0.1, 0.15) is 24.0 Å². The van der Waals surface area contributed by atoms with Gasteiger partial charge in [-0.25, -0.2) is 8.42 Å². The van der Waals surface area contributed by atoms with Crippen LogP contribution in [0.3, 0.4) is 0 Å². The van der Waals surface area contributed by atoms with Crippen LogP contribution >= 0.6 is 23.1 Å². The van der Waals surface area contributed by atoms with E-state index in [9.17, 15) is 13.2 Å². The van der Waals surface area contributed by atoms with E-state index in [1.54, 1.807) is 29.3 Å². The zero-order valence-corrected chi connectivity index (χ0v) is 18.4. The lowest BCUT2D eigenvalue weighted by molar-refractivity contribution is -0.125. The van der Waals surface area contributed by atoms with Gasteiger partial charge in [-0.3, -0.25) is 4.79 Å². The van der Waals surface area contributed by atoms with Gasteiger partial charge in [0.15, 0.2) is 0 Å². The molecule has 1 fully saturated rings. The van der Waals surface area contributed by atoms with E-state index < -0.39 is 10.0 Å². The fourth-order valence-electron chi connectivity index (χ4n) is 3.26. The van der Waals surface area contributed by atoms with Crippen molar-refractivity contribution in [3.63, 3.8) is 0 Å². The van der Waals surface area contributed by atoms with E-state index in [1.165, 1.54) is 26.8 Å². The third kappa shape index (κ3) is 5.37. The Labute approximate surface area is 175 Å². The van der Waals surface area contributed by atoms with Gasteiger partial charge >= 0.3 is 0 Å². The maximum atomic E-state index is 12.7. The zero-order valence-electron chi connectivity index (χ0n) is 16.0. The minimum atomic E-state index is -3.48. The highest BCUT2D eigenvalue weighted by Crippen LogP contribution is 2.26. The molecule has 1 aromatic heterocycles. The Morgan fingerprint density at radius 1 is 1.29 bits per heavy atom. The fourth-order valence-corrected chi connectivity index (χ4v) is 6.86. The highest BCUT2D eigenvalue weighted by atomic mass is 32.2. The Morgan fingerprint density at radius 2 is 2.11 bits per heavy atom. The van der Waals surface area contributed by atoms with Crippen LogP contribution in [0, 0.1) is 12.8 Å². The highest BCUT2D eigenvalue weighted by molar-refractivity contribution is 7.98. The lowest BCUT2D eigenvalue weighted by Gasteiger charge is -2.30. The van der Waals surface area contributed by atoms with Gasteiger partial charge in [-0.1, -0.05) is 30.3 Å². The molecular formula is C20H26N2O3S3. The van der Waals surface area contributed by atoms with Gasteiger partial charge in [-0.2, -0.15) is 16.1 Å². The number of thioether (sulfide) groups is 1. The molecule has 0 spiro atoms. The molecule has 1 amide bonds. The maximum absolute atomic E-state index is 12.7. The standard InChI is InChI=1S/C20H26N2O3S3/c1-16-6-2-3-7-18(16)15-26-13-10-21-20(23)17-8-4-11-22(14-17)28(24,25)19-9-5-12-27-19/h2-3,5-7,9,12,17H,4,8,10-11,13-15H2,1H3,(H,21,23)/t17-/m0/s1. The van der Waals surface area contributed by atoms with Gasteiger partial charge in [0.2, 0.25) is 5.91 Å². The second-order valence-electron chi connectivity index (χ2n) is 6.90. The van der Waals surface area contributed by atoms with Crippen molar-refractivity contribution < 1.29 is 13.2 Å². The second-order valence-corrected chi connectivity index (χ2v) is 11.1. The molecule has 152 valence electrons. The average Bonchev–Trinajstić information content (AvgIpc) is 3.25. The van der Waals surface area contributed by atoms with Gasteiger partial charge in [-0.05, 0) is 42.3 Å². The van der Waals surface area contributed by atoms with Gasteiger partial charge in [0, 0.05) is 31.1 Å². The quantitative estimate of drug-likeness (QED) is 0.641. The SMILES string of the molecule is Cc1ccccc1CSCCNC(=O)[C@H]1CCCN(S(=O)(=O)c2cccs2)C1. The Bertz CT molecular complexity index is 882. The van der Waals surface area contributed by atoms with Crippen LogP contribution < -0.4 is 5.32 Å². The molecule has 28 heavy (non-hydrogen) atoms. The van der Waals surface area contributed by atoms with Crippen LogP contribution in [0.2, 0.25) is 0 Å². The van der Waals surface area contributed by atoms with Gasteiger partial charge in [0.1, 0.15) is 4.21 Å². The summed E-state index contributed by atoms with van der Waals surface area (Å²) in [6.07, 6.45) is 1.45. The first-order valence-corrected chi connectivity index (χ1v) is 12.9. The molecule has 1 aromatic carbocycles. The molecule has 1 aliphatic heterocycles. The molecule has 0 unspecified atom stereocenters. The molecule has 2 aromatic rings. The number of hydrogen-bond acceptors (Lipinski definition) is 5. The Balaban J connectivity index is 1.44. The van der Waals surface area contributed by atoms with Crippen molar-refractivity contribution in [1.82, 2.24) is 9.62 Å². The summed E-state index contributed by atoms with van der Waals surface area (Å²) in [4.78, 5) is 12.5. The van der Waals surface area contributed by atoms with E-state index in [1.807, 2.05) is 12.1 Å². The third-order valence-corrected chi connectivity index (χ3v) is 9.15. The molecule has 0 saturated carbocycles. The van der Waals surface area contributed by atoms with Crippen molar-refractivity contribution in [3.05, 3.63) is 52.9 Å². The van der Waals surface area contributed by atoms with Crippen molar-refractivity contribution in [2.45, 2.75) is 29.7 Å². The number of piperidine rings is 1. The monoisotopic (exact) mass is 438 g/mol. The summed E-state index contributed by atoms with van der Waals surface area (Å²) in [7, 11) is -3.48. The Kier molecular flexibility index (Phi) is 7.56. The zero-order chi connectivity index (χ0) is 20.0. The topological polar surface area (TPSA) is 66.5 Å². The number of aryl methyl sites for hydroxylation is 1. The first-order chi connectivity index (χ1) is 13.5. The number of nitrogens with one attached hydrogen (secondary N) is 1. The van der Waals surface area contributed by atoms with E-state index in [2.05, 4.69) is 24.4 Å². The summed E-state index contributed by atoms with van der Waals surface area (Å²) >= 11 is 3.01. The lowest BCUT2D eigenvalue weighted by atomic mass is 9.99. The molecule has 8 heteroatoms. The predicted molar refractivity (Wildman–Crippen MR) is 116 cm³/mol. The van der Waals surface area contributed by atoms with Crippen LogP contribution in [0.5, 0.6) is 0 Å². The number of rotatable bonds is 8. The first-order valence-electron chi connectivity index (χ1n) is 9.42. The number of sulfonamides is 1. The van der Waals surface area contributed by atoms with Crippen molar-refractivity contribution in [2.75, 3.05) is 25.4 Å². The Hall–Kier alpha value is -1.35. The van der Waals surface area contributed by atoms with E-state index in [-0.39, 0.29) is 18.4 Å². The molecule has 1 saturated heterocycles. The highest BCUT2D eigenvalue weighted by Gasteiger charge is 2.33. The van der Waals surface area contributed by atoms with Crippen LogP contribution in [-0.4, -0.2) is 44.0 Å². The number of carbonyl (C=O) groups excluding carboxylic acids is 1. The number of nitrogens with zero attached hydrogens (tertiary/aromatic N) is 1. The van der Waals surface area contributed by atoms with Crippen LogP contribution in [0.25, 0.3) is 0 Å². The summed E-state index contributed by atoms with van der Waals surface area (Å²) < 4.78 is 27.2. The molecular weight excluding hydrogens is 412 g/mol. The molecule has 1 atom stereocenters. The van der Waals surface area contributed by atoms with Gasteiger partial charge in [-0.15, -0.1) is 11.3 Å². The predicted octanol–water partition coefficient (Wildman–Crippen LogP) is 3.51. The molecule has 1 N–H and O–H groups in total. The summed E-state index contributed by atoms with van der Waals surface area (Å²) in [5, 5.41) is 4.74. The van der Waals surface area contributed by atoms with E-state index in [4.69, 9.17) is 0 Å². The molecule has 1 aliphatic rings. The maximum Gasteiger partial charge on any atom is 0.252 e. The molecule has 0 radical (unpaired) electrons. The van der Waals surface area contributed by atoms with Gasteiger partial charge in [0.05, 0.1) is 5.92 Å². The molecule has 5 nitrogen and oxygen atoms in total. The molecule has 0 aliphatic carbocycles. The van der Waals surface area contributed by atoms with Crippen LogP contribution in [0.15, 0.2) is 46.0 Å². The van der Waals surface area contributed by atoms with Crippen molar-refractivity contribution in [1.29, 1.82) is 0 Å². The molecule has 0 bridgehead atoms. The smallest absolute Gasteiger partial charge is 0.252 e. The number of thiophene rings is 1. The van der Waals surface area contributed by atoms with E-state index in [0.29, 0.717) is 23.7 Å². The van der Waals surface area contributed by atoms with Gasteiger partial charge < -0.3 is 5.32 Å². The summed E-state index contributed by atoms with van der Waals surface area (Å²) in [6.45, 7) is 3.46. The molecule has 3 rings (SSSR count). The Morgan fingerprint density at radius 3 is 2.86 bits per heavy atom. The van der Waals surface area contributed by atoms with Crippen molar-refractivity contribution >= 4 is 39.0 Å². The van der Waals surface area contributed by atoms with Crippen LogP contribution in [-0.2, 0) is 20.6 Å². The number of benzene rings is 1. The minimum Gasteiger partial charge on any atom is -0.355 e. The number of hydrogen-bond donors (Lipinski definition) is 1. The number of carbonyl (C=O) groups is 1. The van der Waals surface area contributed by atoms with Crippen molar-refractivity contribution in [3.8, 4) is 0 Å². The fraction of sp³-hybridized carbons (Fsp3) is 0.450. The lowest BCUT2D eigenvalue weighted by Crippen LogP contribution is -2.45. The third-order valence-electron chi connectivity index (χ3n) is 4.91. The normalized spacial score (nSPS) is 18.1. The van der Waals surface area contributed by atoms with Crippen LogP contribution in [0.4, 0.5) is 0 Å².